The fraction of sp³-hybridized carbons (Fsp3) is 0.158. The minimum Gasteiger partial charge on any atom is -0.467 e. The predicted molar refractivity (Wildman–Crippen MR) is 97.4 cm³/mol. The Bertz CT molecular complexity index is 971. The maximum Gasteiger partial charge on any atom is 0.220 e. The first-order valence-electron chi connectivity index (χ1n) is 8.09. The van der Waals surface area contributed by atoms with Gasteiger partial charge in [0.2, 0.25) is 5.91 Å². The fourth-order valence-corrected chi connectivity index (χ4v) is 3.59. The molecule has 0 aliphatic heterocycles. The number of fused-ring (bicyclic) bond motifs is 1. The Morgan fingerprint density at radius 2 is 2.08 bits per heavy atom. The van der Waals surface area contributed by atoms with E-state index in [1.165, 1.54) is 0 Å². The summed E-state index contributed by atoms with van der Waals surface area (Å²) < 4.78 is 7.29. The van der Waals surface area contributed by atoms with Crippen molar-refractivity contribution in [2.45, 2.75) is 19.4 Å². The number of nitrogens with one attached hydrogen (secondary N) is 1. The topological polar surface area (TPSA) is 59.5 Å². The van der Waals surface area contributed by atoms with Crippen molar-refractivity contribution in [3.05, 3.63) is 71.8 Å². The van der Waals surface area contributed by atoms with Crippen LogP contribution in [-0.4, -0.2) is 15.3 Å². The predicted octanol–water partition coefficient (Wildman–Crippen LogP) is 3.90. The summed E-state index contributed by atoms with van der Waals surface area (Å²) in [6.07, 6.45) is 4.75. The summed E-state index contributed by atoms with van der Waals surface area (Å²) >= 11 is 1.60. The monoisotopic (exact) mass is 351 g/mol. The third-order valence-electron chi connectivity index (χ3n) is 4.00. The van der Waals surface area contributed by atoms with Crippen LogP contribution in [0.25, 0.3) is 16.2 Å². The molecule has 3 heterocycles. The molecule has 25 heavy (non-hydrogen) atoms. The lowest BCUT2D eigenvalue weighted by Gasteiger charge is -2.03. The van der Waals surface area contributed by atoms with E-state index in [4.69, 9.17) is 4.42 Å². The fourth-order valence-electron chi connectivity index (χ4n) is 2.69. The van der Waals surface area contributed by atoms with Crippen LogP contribution >= 0.6 is 11.3 Å². The SMILES string of the molecule is O=C(CCc1csc2nc(-c3ccccc3)cn12)NCc1ccco1. The van der Waals surface area contributed by atoms with Crippen LogP contribution in [0, 0.1) is 0 Å². The minimum atomic E-state index is 0.0131. The van der Waals surface area contributed by atoms with E-state index in [1.54, 1.807) is 17.6 Å². The maximum atomic E-state index is 12.0. The first-order chi connectivity index (χ1) is 12.3. The maximum absolute atomic E-state index is 12.0. The molecule has 0 spiro atoms. The van der Waals surface area contributed by atoms with Crippen LogP contribution in [-0.2, 0) is 17.8 Å². The standard InChI is InChI=1S/C19H17N3O2S/c23-18(20-11-16-7-4-10-24-16)9-8-15-13-25-19-21-17(12-22(15)19)14-5-2-1-3-6-14/h1-7,10,12-13H,8-9,11H2,(H,20,23). The molecule has 0 fully saturated rings. The lowest BCUT2D eigenvalue weighted by molar-refractivity contribution is -0.121. The normalized spacial score (nSPS) is 11.0. The molecule has 0 radical (unpaired) electrons. The van der Waals surface area contributed by atoms with Gasteiger partial charge in [-0.05, 0) is 18.6 Å². The first-order valence-corrected chi connectivity index (χ1v) is 8.97. The van der Waals surface area contributed by atoms with Crippen LogP contribution in [0.5, 0.6) is 0 Å². The van der Waals surface area contributed by atoms with E-state index in [9.17, 15) is 4.79 Å². The van der Waals surface area contributed by atoms with Crippen LogP contribution < -0.4 is 5.32 Å². The van der Waals surface area contributed by atoms with Crippen molar-refractivity contribution in [1.82, 2.24) is 14.7 Å². The minimum absolute atomic E-state index is 0.0131. The summed E-state index contributed by atoms with van der Waals surface area (Å²) in [7, 11) is 0. The molecule has 5 nitrogen and oxygen atoms in total. The van der Waals surface area contributed by atoms with E-state index in [-0.39, 0.29) is 5.91 Å². The smallest absolute Gasteiger partial charge is 0.220 e. The molecule has 0 aliphatic carbocycles. The Kier molecular flexibility index (Phi) is 4.35. The lowest BCUT2D eigenvalue weighted by atomic mass is 10.2. The van der Waals surface area contributed by atoms with E-state index in [0.717, 1.165) is 27.7 Å². The highest BCUT2D eigenvalue weighted by atomic mass is 32.1. The van der Waals surface area contributed by atoms with Gasteiger partial charge in [0.15, 0.2) is 4.96 Å². The number of nitrogens with zero attached hydrogens (tertiary/aromatic N) is 2. The van der Waals surface area contributed by atoms with Crippen molar-refractivity contribution < 1.29 is 9.21 Å². The van der Waals surface area contributed by atoms with Gasteiger partial charge in [-0.3, -0.25) is 9.20 Å². The Morgan fingerprint density at radius 3 is 2.88 bits per heavy atom. The van der Waals surface area contributed by atoms with Crippen molar-refractivity contribution in [2.75, 3.05) is 0 Å². The average molecular weight is 351 g/mol. The third kappa shape index (κ3) is 3.49. The van der Waals surface area contributed by atoms with E-state index in [1.807, 2.05) is 48.7 Å². The largest absolute Gasteiger partial charge is 0.467 e. The number of rotatable bonds is 6. The number of benzene rings is 1. The number of hydrogen-bond acceptors (Lipinski definition) is 4. The van der Waals surface area contributed by atoms with Gasteiger partial charge in [-0.1, -0.05) is 30.3 Å². The zero-order chi connectivity index (χ0) is 17.1. The Balaban J connectivity index is 1.41. The number of aryl methyl sites for hydroxylation is 1. The number of imidazole rings is 1. The van der Waals surface area contributed by atoms with E-state index >= 15 is 0 Å². The van der Waals surface area contributed by atoms with Crippen molar-refractivity contribution in [3.63, 3.8) is 0 Å². The van der Waals surface area contributed by atoms with Crippen LogP contribution in [0.2, 0.25) is 0 Å². The van der Waals surface area contributed by atoms with Crippen LogP contribution in [0.3, 0.4) is 0 Å². The van der Waals surface area contributed by atoms with Crippen molar-refractivity contribution in [1.29, 1.82) is 0 Å². The lowest BCUT2D eigenvalue weighted by Crippen LogP contribution is -2.22. The summed E-state index contributed by atoms with van der Waals surface area (Å²) in [5, 5.41) is 4.94. The van der Waals surface area contributed by atoms with Gasteiger partial charge in [-0.25, -0.2) is 4.98 Å². The third-order valence-corrected chi connectivity index (χ3v) is 4.89. The molecule has 0 unspecified atom stereocenters. The molecule has 1 aromatic carbocycles. The summed E-state index contributed by atoms with van der Waals surface area (Å²) in [6.45, 7) is 0.425. The van der Waals surface area contributed by atoms with Crippen LogP contribution in [0.15, 0.2) is 64.7 Å². The van der Waals surface area contributed by atoms with E-state index < -0.39 is 0 Å². The molecule has 126 valence electrons. The number of aromatic nitrogens is 2. The molecule has 4 aromatic rings. The quantitative estimate of drug-likeness (QED) is 0.573. The van der Waals surface area contributed by atoms with Gasteiger partial charge >= 0.3 is 0 Å². The van der Waals surface area contributed by atoms with Crippen molar-refractivity contribution >= 4 is 22.2 Å². The summed E-state index contributed by atoms with van der Waals surface area (Å²) in [6, 6.07) is 13.8. The van der Waals surface area contributed by atoms with Gasteiger partial charge in [0.05, 0.1) is 18.5 Å². The summed E-state index contributed by atoms with van der Waals surface area (Å²) in [5.41, 5.74) is 3.15. The second-order valence-electron chi connectivity index (χ2n) is 5.73. The van der Waals surface area contributed by atoms with Gasteiger partial charge in [-0.2, -0.15) is 0 Å². The highest BCUT2D eigenvalue weighted by Crippen LogP contribution is 2.24. The zero-order valence-corrected chi connectivity index (χ0v) is 14.3. The number of thiazole rings is 1. The van der Waals surface area contributed by atoms with Gasteiger partial charge in [-0.15, -0.1) is 11.3 Å². The Morgan fingerprint density at radius 1 is 1.20 bits per heavy atom. The Labute approximate surface area is 148 Å². The number of amides is 1. The number of furan rings is 1. The molecular weight excluding hydrogens is 334 g/mol. The molecule has 0 atom stereocenters. The molecule has 6 heteroatoms. The Hall–Kier alpha value is -2.86. The zero-order valence-electron chi connectivity index (χ0n) is 13.5. The van der Waals surface area contributed by atoms with Crippen molar-refractivity contribution in [3.8, 4) is 11.3 Å². The molecule has 1 amide bonds. The van der Waals surface area contributed by atoms with Crippen LogP contribution in [0.4, 0.5) is 0 Å². The van der Waals surface area contributed by atoms with Gasteiger partial charge in [0, 0.05) is 29.3 Å². The van der Waals surface area contributed by atoms with Gasteiger partial charge in [0.25, 0.3) is 0 Å². The van der Waals surface area contributed by atoms with E-state index in [0.29, 0.717) is 19.4 Å². The van der Waals surface area contributed by atoms with Crippen molar-refractivity contribution in [2.24, 2.45) is 0 Å². The molecule has 0 bridgehead atoms. The number of carbonyl (C=O) groups is 1. The highest BCUT2D eigenvalue weighted by molar-refractivity contribution is 7.15. The second kappa shape index (κ2) is 6.94. The molecule has 4 rings (SSSR count). The molecule has 0 saturated carbocycles. The molecule has 0 saturated heterocycles. The number of hydrogen-bond donors (Lipinski definition) is 1. The van der Waals surface area contributed by atoms with Crippen LogP contribution in [0.1, 0.15) is 17.9 Å². The molecule has 0 aliphatic rings. The van der Waals surface area contributed by atoms with Gasteiger partial charge < -0.3 is 9.73 Å². The second-order valence-corrected chi connectivity index (χ2v) is 6.56. The van der Waals surface area contributed by atoms with E-state index in [2.05, 4.69) is 20.1 Å². The molecule has 1 N–H and O–H groups in total. The highest BCUT2D eigenvalue weighted by Gasteiger charge is 2.11. The first kappa shape index (κ1) is 15.7. The summed E-state index contributed by atoms with van der Waals surface area (Å²) in [4.78, 5) is 17.6. The average Bonchev–Trinajstić information content (AvgIpc) is 3.36. The molecule has 3 aromatic heterocycles. The summed E-state index contributed by atoms with van der Waals surface area (Å²) in [5.74, 6) is 0.771. The van der Waals surface area contributed by atoms with Gasteiger partial charge in [0.1, 0.15) is 5.76 Å². The molecular formula is C19H17N3O2S. The number of carbonyl (C=O) groups excluding carboxylic acids is 1.